The SMILES string of the molecule is CCSCCC(C)NCCCC(C)(C)C(N)=NO. The lowest BCUT2D eigenvalue weighted by molar-refractivity contribution is 0.304. The summed E-state index contributed by atoms with van der Waals surface area (Å²) in [6, 6.07) is 0.566. The van der Waals surface area contributed by atoms with E-state index in [0.29, 0.717) is 11.9 Å². The molecule has 108 valence electrons. The second-order valence-electron chi connectivity index (χ2n) is 5.31. The average molecular weight is 275 g/mol. The van der Waals surface area contributed by atoms with E-state index in [1.54, 1.807) is 0 Å². The second-order valence-corrected chi connectivity index (χ2v) is 6.71. The van der Waals surface area contributed by atoms with Crippen LogP contribution in [-0.4, -0.2) is 35.1 Å². The normalized spacial score (nSPS) is 14.8. The smallest absolute Gasteiger partial charge is 0.144 e. The van der Waals surface area contributed by atoms with Crippen molar-refractivity contribution < 1.29 is 5.21 Å². The molecule has 0 aliphatic rings. The Bertz CT molecular complexity index is 244. The molecule has 0 spiro atoms. The van der Waals surface area contributed by atoms with Crippen LogP contribution < -0.4 is 11.1 Å². The van der Waals surface area contributed by atoms with Crippen molar-refractivity contribution in [3.8, 4) is 0 Å². The lowest BCUT2D eigenvalue weighted by Gasteiger charge is -2.23. The van der Waals surface area contributed by atoms with Crippen molar-refractivity contribution in [1.82, 2.24) is 5.32 Å². The van der Waals surface area contributed by atoms with Gasteiger partial charge in [0, 0.05) is 11.5 Å². The Kier molecular flexibility index (Phi) is 9.28. The Balaban J connectivity index is 3.67. The fraction of sp³-hybridized carbons (Fsp3) is 0.923. The van der Waals surface area contributed by atoms with Crippen molar-refractivity contribution in [2.24, 2.45) is 16.3 Å². The molecule has 0 aliphatic heterocycles. The molecule has 18 heavy (non-hydrogen) atoms. The zero-order valence-corrected chi connectivity index (χ0v) is 13.0. The van der Waals surface area contributed by atoms with Crippen LogP contribution in [-0.2, 0) is 0 Å². The molecule has 0 saturated heterocycles. The van der Waals surface area contributed by atoms with Crippen LogP contribution in [0.4, 0.5) is 0 Å². The van der Waals surface area contributed by atoms with E-state index in [0.717, 1.165) is 19.4 Å². The van der Waals surface area contributed by atoms with E-state index in [2.05, 4.69) is 24.3 Å². The first kappa shape index (κ1) is 17.6. The second kappa shape index (κ2) is 9.50. The minimum absolute atomic E-state index is 0.224. The third-order valence-corrected chi connectivity index (χ3v) is 4.10. The summed E-state index contributed by atoms with van der Waals surface area (Å²) in [5.41, 5.74) is 5.43. The van der Waals surface area contributed by atoms with Gasteiger partial charge in [0.05, 0.1) is 0 Å². The summed E-state index contributed by atoms with van der Waals surface area (Å²) < 4.78 is 0. The number of nitrogens with two attached hydrogens (primary N) is 1. The van der Waals surface area contributed by atoms with Crippen molar-refractivity contribution in [2.75, 3.05) is 18.1 Å². The zero-order chi connectivity index (χ0) is 14.0. The van der Waals surface area contributed by atoms with Crippen molar-refractivity contribution in [3.05, 3.63) is 0 Å². The Morgan fingerprint density at radius 3 is 2.72 bits per heavy atom. The van der Waals surface area contributed by atoms with Gasteiger partial charge in [0.15, 0.2) is 0 Å². The molecule has 0 aromatic rings. The topological polar surface area (TPSA) is 70.6 Å². The maximum Gasteiger partial charge on any atom is 0.144 e. The van der Waals surface area contributed by atoms with Gasteiger partial charge < -0.3 is 16.3 Å². The molecule has 1 unspecified atom stereocenters. The fourth-order valence-corrected chi connectivity index (χ4v) is 2.46. The predicted octanol–water partition coefficient (Wildman–Crippen LogP) is 2.66. The molecule has 0 heterocycles. The van der Waals surface area contributed by atoms with E-state index in [1.807, 2.05) is 25.6 Å². The van der Waals surface area contributed by atoms with Crippen molar-refractivity contribution in [2.45, 2.75) is 53.0 Å². The number of hydrogen-bond donors (Lipinski definition) is 3. The quantitative estimate of drug-likeness (QED) is 0.188. The molecule has 0 rings (SSSR count). The number of amidine groups is 1. The number of thioether (sulfide) groups is 1. The maximum absolute atomic E-state index is 8.68. The van der Waals surface area contributed by atoms with Crippen LogP contribution in [0.3, 0.4) is 0 Å². The van der Waals surface area contributed by atoms with Crippen molar-refractivity contribution in [1.29, 1.82) is 0 Å². The summed E-state index contributed by atoms with van der Waals surface area (Å²) in [6.07, 6.45) is 3.17. The number of nitrogens with one attached hydrogen (secondary N) is 1. The van der Waals surface area contributed by atoms with Gasteiger partial charge in [0.1, 0.15) is 5.84 Å². The Morgan fingerprint density at radius 2 is 2.17 bits per heavy atom. The van der Waals surface area contributed by atoms with Gasteiger partial charge in [0.2, 0.25) is 0 Å². The summed E-state index contributed by atoms with van der Waals surface area (Å²) in [4.78, 5) is 0. The van der Waals surface area contributed by atoms with Gasteiger partial charge in [-0.2, -0.15) is 11.8 Å². The Morgan fingerprint density at radius 1 is 1.50 bits per heavy atom. The van der Waals surface area contributed by atoms with Crippen LogP contribution in [0.5, 0.6) is 0 Å². The monoisotopic (exact) mass is 275 g/mol. The molecule has 4 nitrogen and oxygen atoms in total. The summed E-state index contributed by atoms with van der Waals surface area (Å²) in [6.45, 7) is 9.41. The molecule has 0 amide bonds. The number of nitrogens with zero attached hydrogens (tertiary/aromatic N) is 1. The molecule has 0 saturated carbocycles. The van der Waals surface area contributed by atoms with Crippen LogP contribution in [0, 0.1) is 5.41 Å². The van der Waals surface area contributed by atoms with E-state index >= 15 is 0 Å². The van der Waals surface area contributed by atoms with Crippen molar-refractivity contribution >= 4 is 17.6 Å². The summed E-state index contributed by atoms with van der Waals surface area (Å²) in [7, 11) is 0. The van der Waals surface area contributed by atoms with Gasteiger partial charge in [-0.25, -0.2) is 0 Å². The van der Waals surface area contributed by atoms with Gasteiger partial charge in [-0.3, -0.25) is 0 Å². The average Bonchev–Trinajstić information content (AvgIpc) is 2.34. The number of hydrogen-bond acceptors (Lipinski definition) is 4. The van der Waals surface area contributed by atoms with E-state index < -0.39 is 0 Å². The lowest BCUT2D eigenvalue weighted by Crippen LogP contribution is -2.33. The molecular formula is C13H29N3OS. The van der Waals surface area contributed by atoms with Crippen LogP contribution >= 0.6 is 11.8 Å². The molecule has 0 bridgehead atoms. The largest absolute Gasteiger partial charge is 0.409 e. The first-order valence-corrected chi connectivity index (χ1v) is 7.88. The molecule has 5 heteroatoms. The van der Waals surface area contributed by atoms with Gasteiger partial charge in [-0.05, 0) is 44.2 Å². The molecule has 0 fully saturated rings. The van der Waals surface area contributed by atoms with E-state index in [4.69, 9.17) is 10.9 Å². The van der Waals surface area contributed by atoms with Crippen LogP contribution in [0.2, 0.25) is 0 Å². The number of rotatable bonds is 10. The summed E-state index contributed by atoms with van der Waals surface area (Å²) >= 11 is 1.99. The molecule has 0 aliphatic carbocycles. The molecule has 0 radical (unpaired) electrons. The van der Waals surface area contributed by atoms with Crippen molar-refractivity contribution in [3.63, 3.8) is 0 Å². The molecule has 0 aromatic carbocycles. The highest BCUT2D eigenvalue weighted by atomic mass is 32.2. The third-order valence-electron chi connectivity index (χ3n) is 3.17. The van der Waals surface area contributed by atoms with Gasteiger partial charge in [-0.1, -0.05) is 25.9 Å². The highest BCUT2D eigenvalue weighted by Gasteiger charge is 2.22. The molecule has 1 atom stereocenters. The predicted molar refractivity (Wildman–Crippen MR) is 81.5 cm³/mol. The first-order valence-electron chi connectivity index (χ1n) is 6.73. The minimum atomic E-state index is -0.224. The zero-order valence-electron chi connectivity index (χ0n) is 12.2. The van der Waals surface area contributed by atoms with Gasteiger partial charge in [-0.15, -0.1) is 0 Å². The highest BCUT2D eigenvalue weighted by Crippen LogP contribution is 2.21. The number of oxime groups is 1. The fourth-order valence-electron chi connectivity index (χ4n) is 1.65. The minimum Gasteiger partial charge on any atom is -0.409 e. The van der Waals surface area contributed by atoms with Crippen LogP contribution in [0.15, 0.2) is 5.16 Å². The van der Waals surface area contributed by atoms with E-state index in [1.165, 1.54) is 17.9 Å². The molecular weight excluding hydrogens is 246 g/mol. The Labute approximate surface area is 116 Å². The maximum atomic E-state index is 8.68. The molecule has 4 N–H and O–H groups in total. The Hall–Kier alpha value is -0.420. The lowest BCUT2D eigenvalue weighted by atomic mass is 9.86. The summed E-state index contributed by atoms with van der Waals surface area (Å²) in [5.74, 6) is 2.73. The van der Waals surface area contributed by atoms with Gasteiger partial charge in [0.25, 0.3) is 0 Å². The first-order chi connectivity index (χ1) is 8.44. The summed E-state index contributed by atoms with van der Waals surface area (Å²) in [5, 5.41) is 15.3. The highest BCUT2D eigenvalue weighted by molar-refractivity contribution is 7.99. The third kappa shape index (κ3) is 7.82. The van der Waals surface area contributed by atoms with Gasteiger partial charge >= 0.3 is 0 Å². The van der Waals surface area contributed by atoms with E-state index in [9.17, 15) is 0 Å². The van der Waals surface area contributed by atoms with Crippen LogP contribution in [0.1, 0.15) is 47.0 Å². The molecule has 0 aromatic heterocycles. The standard InChI is InChI=1S/C13H29N3OS/c1-5-18-10-7-11(2)15-9-6-8-13(3,4)12(14)16-17/h11,15,17H,5-10H2,1-4H3,(H2,14,16). The van der Waals surface area contributed by atoms with Crippen LogP contribution in [0.25, 0.3) is 0 Å². The van der Waals surface area contributed by atoms with E-state index in [-0.39, 0.29) is 5.41 Å².